The number of imidazole rings is 1. The fourth-order valence-corrected chi connectivity index (χ4v) is 3.80. The van der Waals surface area contributed by atoms with Crippen molar-refractivity contribution in [3.05, 3.63) is 18.2 Å². The highest BCUT2D eigenvalue weighted by atomic mass is 32.2. The van der Waals surface area contributed by atoms with Crippen LogP contribution in [0.15, 0.2) is 28.3 Å². The maximum Gasteiger partial charge on any atom is 0.238 e. The van der Waals surface area contributed by atoms with Crippen molar-refractivity contribution in [2.24, 2.45) is 11.1 Å². The van der Waals surface area contributed by atoms with E-state index in [0.717, 1.165) is 11.9 Å². The van der Waals surface area contributed by atoms with E-state index in [1.54, 1.807) is 6.07 Å². The zero-order valence-electron chi connectivity index (χ0n) is 14.7. The SMILES string of the molecule is CCn1c(SCC(=O)NCCC(C)C)nc2cc(S(N)(=O)=O)ccc21. The lowest BCUT2D eigenvalue weighted by atomic mass is 10.1. The summed E-state index contributed by atoms with van der Waals surface area (Å²) in [4.78, 5) is 16.4. The summed E-state index contributed by atoms with van der Waals surface area (Å²) in [5, 5.41) is 8.75. The molecule has 0 aliphatic rings. The number of thioether (sulfide) groups is 1. The number of rotatable bonds is 8. The first-order valence-electron chi connectivity index (χ1n) is 8.15. The van der Waals surface area contributed by atoms with E-state index in [2.05, 4.69) is 24.1 Å². The van der Waals surface area contributed by atoms with Crippen molar-refractivity contribution in [3.63, 3.8) is 0 Å². The van der Waals surface area contributed by atoms with Crippen molar-refractivity contribution < 1.29 is 13.2 Å². The van der Waals surface area contributed by atoms with Crippen LogP contribution < -0.4 is 10.5 Å². The smallest absolute Gasteiger partial charge is 0.238 e. The van der Waals surface area contributed by atoms with Crippen LogP contribution in [0.4, 0.5) is 0 Å². The second-order valence-electron chi connectivity index (χ2n) is 6.16. The predicted octanol–water partition coefficient (Wildman–Crippen LogP) is 1.96. The monoisotopic (exact) mass is 384 g/mol. The number of nitrogens with one attached hydrogen (secondary N) is 1. The molecule has 0 atom stereocenters. The lowest BCUT2D eigenvalue weighted by Gasteiger charge is -2.08. The molecule has 0 spiro atoms. The highest BCUT2D eigenvalue weighted by Crippen LogP contribution is 2.25. The van der Waals surface area contributed by atoms with Crippen molar-refractivity contribution in [2.75, 3.05) is 12.3 Å². The number of fused-ring (bicyclic) bond motifs is 1. The minimum atomic E-state index is -3.77. The molecule has 0 fully saturated rings. The van der Waals surface area contributed by atoms with E-state index >= 15 is 0 Å². The van der Waals surface area contributed by atoms with Crippen molar-refractivity contribution in [1.29, 1.82) is 0 Å². The van der Waals surface area contributed by atoms with Gasteiger partial charge in [0.2, 0.25) is 15.9 Å². The van der Waals surface area contributed by atoms with Gasteiger partial charge in [0.15, 0.2) is 5.16 Å². The van der Waals surface area contributed by atoms with E-state index < -0.39 is 10.0 Å². The second kappa shape index (κ2) is 8.20. The number of nitrogens with zero attached hydrogens (tertiary/aromatic N) is 2. The minimum absolute atomic E-state index is 0.0312. The Bertz CT molecular complexity index is 860. The number of hydrogen-bond donors (Lipinski definition) is 2. The van der Waals surface area contributed by atoms with E-state index in [9.17, 15) is 13.2 Å². The molecular formula is C16H24N4O3S2. The fraction of sp³-hybridized carbons (Fsp3) is 0.500. The van der Waals surface area contributed by atoms with E-state index in [4.69, 9.17) is 5.14 Å². The summed E-state index contributed by atoms with van der Waals surface area (Å²) >= 11 is 1.34. The van der Waals surface area contributed by atoms with Crippen LogP contribution in [0.2, 0.25) is 0 Å². The van der Waals surface area contributed by atoms with Gasteiger partial charge in [0.25, 0.3) is 0 Å². The lowest BCUT2D eigenvalue weighted by molar-refractivity contribution is -0.118. The third-order valence-electron chi connectivity index (χ3n) is 3.71. The zero-order valence-corrected chi connectivity index (χ0v) is 16.3. The second-order valence-corrected chi connectivity index (χ2v) is 8.66. The molecule has 2 rings (SSSR count). The van der Waals surface area contributed by atoms with Crippen LogP contribution in [0, 0.1) is 5.92 Å². The number of aromatic nitrogens is 2. The number of carbonyl (C=O) groups is 1. The number of sulfonamides is 1. The zero-order chi connectivity index (χ0) is 18.6. The molecule has 1 aromatic carbocycles. The highest BCUT2D eigenvalue weighted by Gasteiger charge is 2.15. The Labute approximate surface area is 152 Å². The Kier molecular flexibility index (Phi) is 6.47. The van der Waals surface area contributed by atoms with Gasteiger partial charge in [-0.1, -0.05) is 25.6 Å². The summed E-state index contributed by atoms with van der Waals surface area (Å²) in [5.41, 5.74) is 1.37. The maximum atomic E-state index is 11.9. The Hall–Kier alpha value is -1.58. The molecule has 25 heavy (non-hydrogen) atoms. The third kappa shape index (κ3) is 5.20. The van der Waals surface area contributed by atoms with Crippen LogP contribution in [0.25, 0.3) is 11.0 Å². The Balaban J connectivity index is 2.14. The van der Waals surface area contributed by atoms with Crippen molar-refractivity contribution >= 4 is 38.7 Å². The molecule has 0 aliphatic carbocycles. The molecule has 0 saturated carbocycles. The van der Waals surface area contributed by atoms with Crippen LogP contribution in [0.3, 0.4) is 0 Å². The molecule has 0 radical (unpaired) electrons. The van der Waals surface area contributed by atoms with Crippen LogP contribution in [-0.2, 0) is 21.4 Å². The Morgan fingerprint density at radius 2 is 2.12 bits per heavy atom. The summed E-state index contributed by atoms with van der Waals surface area (Å²) in [6, 6.07) is 4.63. The number of carbonyl (C=O) groups excluding carboxylic acids is 1. The summed E-state index contributed by atoms with van der Waals surface area (Å²) in [6.07, 6.45) is 0.945. The van der Waals surface area contributed by atoms with Gasteiger partial charge < -0.3 is 9.88 Å². The Morgan fingerprint density at radius 1 is 1.40 bits per heavy atom. The fourth-order valence-electron chi connectivity index (χ4n) is 2.36. The molecule has 7 nitrogen and oxygen atoms in total. The van der Waals surface area contributed by atoms with E-state index in [1.165, 1.54) is 23.9 Å². The largest absolute Gasteiger partial charge is 0.355 e. The highest BCUT2D eigenvalue weighted by molar-refractivity contribution is 7.99. The van der Waals surface area contributed by atoms with Crippen molar-refractivity contribution in [2.45, 2.75) is 43.8 Å². The van der Waals surface area contributed by atoms with Gasteiger partial charge in [-0.15, -0.1) is 0 Å². The standard InChI is InChI=1S/C16H24N4O3S2/c1-4-20-14-6-5-12(25(17,22)23)9-13(14)19-16(20)24-10-15(21)18-8-7-11(2)3/h5-6,9,11H,4,7-8,10H2,1-3H3,(H,18,21)(H2,17,22,23). The van der Waals surface area contributed by atoms with Gasteiger partial charge in [0, 0.05) is 13.1 Å². The van der Waals surface area contributed by atoms with E-state index in [1.807, 2.05) is 11.5 Å². The average Bonchev–Trinajstić information content (AvgIpc) is 2.88. The van der Waals surface area contributed by atoms with Crippen LogP contribution in [0.5, 0.6) is 0 Å². The number of amides is 1. The van der Waals surface area contributed by atoms with Crippen LogP contribution in [0.1, 0.15) is 27.2 Å². The summed E-state index contributed by atoms with van der Waals surface area (Å²) in [7, 11) is -3.77. The molecule has 1 amide bonds. The number of aryl methyl sites for hydroxylation is 1. The first kappa shape index (κ1) is 19.7. The van der Waals surface area contributed by atoms with Crippen LogP contribution in [-0.4, -0.2) is 36.2 Å². The predicted molar refractivity (Wildman–Crippen MR) is 100.0 cm³/mol. The number of nitrogens with two attached hydrogens (primary N) is 1. The van der Waals surface area contributed by atoms with Crippen molar-refractivity contribution in [3.8, 4) is 0 Å². The molecule has 2 aromatic rings. The molecule has 3 N–H and O–H groups in total. The van der Waals surface area contributed by atoms with Gasteiger partial charge in [-0.25, -0.2) is 18.5 Å². The summed E-state index contributed by atoms with van der Waals surface area (Å²) in [5.74, 6) is 0.777. The van der Waals surface area contributed by atoms with Crippen molar-refractivity contribution in [1.82, 2.24) is 14.9 Å². The normalized spacial score (nSPS) is 12.0. The number of primary sulfonamides is 1. The quantitative estimate of drug-likeness (QED) is 0.677. The molecule has 9 heteroatoms. The lowest BCUT2D eigenvalue weighted by Crippen LogP contribution is -2.27. The van der Waals surface area contributed by atoms with Gasteiger partial charge in [0.05, 0.1) is 21.7 Å². The summed E-state index contributed by atoms with van der Waals surface area (Å²) < 4.78 is 24.9. The van der Waals surface area contributed by atoms with Gasteiger partial charge in [-0.05, 0) is 37.5 Å². The van der Waals surface area contributed by atoms with Gasteiger partial charge in [-0.3, -0.25) is 4.79 Å². The number of hydrogen-bond acceptors (Lipinski definition) is 5. The molecule has 1 heterocycles. The molecule has 0 aliphatic heterocycles. The van der Waals surface area contributed by atoms with Gasteiger partial charge in [-0.2, -0.15) is 0 Å². The molecule has 0 saturated heterocycles. The molecule has 1 aromatic heterocycles. The number of benzene rings is 1. The van der Waals surface area contributed by atoms with E-state index in [-0.39, 0.29) is 16.6 Å². The minimum Gasteiger partial charge on any atom is -0.355 e. The molecule has 138 valence electrons. The first-order valence-corrected chi connectivity index (χ1v) is 10.7. The molecule has 0 bridgehead atoms. The Morgan fingerprint density at radius 3 is 2.72 bits per heavy atom. The van der Waals surface area contributed by atoms with Gasteiger partial charge in [0.1, 0.15) is 0 Å². The first-order chi connectivity index (χ1) is 11.7. The maximum absolute atomic E-state index is 11.9. The van der Waals surface area contributed by atoms with E-state index in [0.29, 0.717) is 29.7 Å². The average molecular weight is 385 g/mol. The molecule has 0 unspecified atom stereocenters. The van der Waals surface area contributed by atoms with Crippen LogP contribution >= 0.6 is 11.8 Å². The van der Waals surface area contributed by atoms with Gasteiger partial charge >= 0.3 is 0 Å². The molecular weight excluding hydrogens is 360 g/mol. The third-order valence-corrected chi connectivity index (χ3v) is 5.59. The topological polar surface area (TPSA) is 107 Å². The summed E-state index contributed by atoms with van der Waals surface area (Å²) in [6.45, 7) is 7.53.